The van der Waals surface area contributed by atoms with Crippen molar-refractivity contribution in [1.82, 2.24) is 4.98 Å². The number of primary sulfonamides is 1. The van der Waals surface area contributed by atoms with Crippen molar-refractivity contribution >= 4 is 38.4 Å². The molecule has 1 saturated heterocycles. The van der Waals surface area contributed by atoms with E-state index in [-0.39, 0.29) is 37.0 Å². The van der Waals surface area contributed by atoms with Crippen LogP contribution in [0.2, 0.25) is 0 Å². The lowest BCUT2D eigenvalue weighted by molar-refractivity contribution is -0.139. The SMILES string of the molecule is COC(=O)Cc1csc(N2CC(CS(N)(=O)=O)CC2=O)n1. The highest BCUT2D eigenvalue weighted by Crippen LogP contribution is 2.28. The molecule has 1 amide bonds. The van der Waals surface area contributed by atoms with Gasteiger partial charge in [0.05, 0.1) is 25.0 Å². The molecule has 1 atom stereocenters. The number of carbonyl (C=O) groups excluding carboxylic acids is 2. The monoisotopic (exact) mass is 333 g/mol. The Morgan fingerprint density at radius 2 is 2.33 bits per heavy atom. The van der Waals surface area contributed by atoms with Crippen LogP contribution in [-0.4, -0.2) is 44.7 Å². The van der Waals surface area contributed by atoms with Gasteiger partial charge in [-0.2, -0.15) is 0 Å². The zero-order chi connectivity index (χ0) is 15.6. The van der Waals surface area contributed by atoms with Gasteiger partial charge in [-0.05, 0) is 0 Å². The van der Waals surface area contributed by atoms with E-state index < -0.39 is 16.0 Å². The van der Waals surface area contributed by atoms with Crippen LogP contribution in [0.4, 0.5) is 5.13 Å². The fourth-order valence-corrected chi connectivity index (χ4v) is 3.86. The van der Waals surface area contributed by atoms with Gasteiger partial charge in [0.15, 0.2) is 5.13 Å². The molecular weight excluding hydrogens is 318 g/mol. The lowest BCUT2D eigenvalue weighted by Gasteiger charge is -2.12. The molecule has 1 aliphatic rings. The van der Waals surface area contributed by atoms with E-state index in [2.05, 4.69) is 9.72 Å². The first-order valence-corrected chi connectivity index (χ1v) is 8.70. The van der Waals surface area contributed by atoms with Gasteiger partial charge in [0.2, 0.25) is 15.9 Å². The maximum Gasteiger partial charge on any atom is 0.311 e. The minimum absolute atomic E-state index is 0.0373. The molecule has 0 radical (unpaired) electrons. The van der Waals surface area contributed by atoms with E-state index in [4.69, 9.17) is 5.14 Å². The topological polar surface area (TPSA) is 120 Å². The molecule has 0 spiro atoms. The number of thiazole rings is 1. The van der Waals surface area contributed by atoms with Crippen molar-refractivity contribution in [3.8, 4) is 0 Å². The molecule has 8 nitrogen and oxygen atoms in total. The number of nitrogens with two attached hydrogens (primary N) is 1. The Balaban J connectivity index is 2.05. The van der Waals surface area contributed by atoms with Crippen LogP contribution >= 0.6 is 11.3 Å². The molecule has 0 aliphatic carbocycles. The largest absolute Gasteiger partial charge is 0.469 e. The maximum atomic E-state index is 11.9. The first-order valence-electron chi connectivity index (χ1n) is 6.10. The summed E-state index contributed by atoms with van der Waals surface area (Å²) in [5, 5.41) is 7.12. The molecule has 1 aliphatic heterocycles. The molecule has 2 heterocycles. The number of anilines is 1. The third-order valence-electron chi connectivity index (χ3n) is 3.00. The van der Waals surface area contributed by atoms with E-state index in [1.807, 2.05) is 0 Å². The molecule has 0 saturated carbocycles. The fourth-order valence-electron chi connectivity index (χ4n) is 2.13. The molecule has 116 valence electrons. The third kappa shape index (κ3) is 4.22. The maximum absolute atomic E-state index is 11.9. The Morgan fingerprint density at radius 3 is 2.95 bits per heavy atom. The minimum Gasteiger partial charge on any atom is -0.469 e. The summed E-state index contributed by atoms with van der Waals surface area (Å²) in [6, 6.07) is 0. The average Bonchev–Trinajstić information content (AvgIpc) is 2.94. The van der Waals surface area contributed by atoms with E-state index in [1.54, 1.807) is 5.38 Å². The van der Waals surface area contributed by atoms with Crippen molar-refractivity contribution < 1.29 is 22.7 Å². The molecule has 0 aromatic carbocycles. The summed E-state index contributed by atoms with van der Waals surface area (Å²) in [6.07, 6.45) is 0.165. The predicted octanol–water partition coefficient (Wildman–Crippen LogP) is -0.500. The molecule has 2 rings (SSSR count). The van der Waals surface area contributed by atoms with Gasteiger partial charge < -0.3 is 4.74 Å². The summed E-state index contributed by atoms with van der Waals surface area (Å²) in [7, 11) is -2.32. The van der Waals surface area contributed by atoms with E-state index in [0.717, 1.165) is 0 Å². The molecule has 0 bridgehead atoms. The highest BCUT2D eigenvalue weighted by atomic mass is 32.2. The van der Waals surface area contributed by atoms with Crippen molar-refractivity contribution in [2.45, 2.75) is 12.8 Å². The lowest BCUT2D eigenvalue weighted by atomic mass is 10.1. The third-order valence-corrected chi connectivity index (χ3v) is 4.85. The number of carbonyl (C=O) groups is 2. The van der Waals surface area contributed by atoms with E-state index in [9.17, 15) is 18.0 Å². The zero-order valence-electron chi connectivity index (χ0n) is 11.3. The number of sulfonamides is 1. The summed E-state index contributed by atoms with van der Waals surface area (Å²) in [6.45, 7) is 0.264. The number of nitrogens with zero attached hydrogens (tertiary/aromatic N) is 2. The Morgan fingerprint density at radius 1 is 1.62 bits per heavy atom. The fraction of sp³-hybridized carbons (Fsp3) is 0.545. The summed E-state index contributed by atoms with van der Waals surface area (Å²) >= 11 is 1.23. The van der Waals surface area contributed by atoms with Crippen molar-refractivity contribution in [2.75, 3.05) is 24.3 Å². The summed E-state index contributed by atoms with van der Waals surface area (Å²) in [4.78, 5) is 28.7. The number of hydrogen-bond acceptors (Lipinski definition) is 7. The average molecular weight is 333 g/mol. The smallest absolute Gasteiger partial charge is 0.311 e. The molecule has 1 fully saturated rings. The first-order chi connectivity index (χ1) is 9.78. The predicted molar refractivity (Wildman–Crippen MR) is 76.3 cm³/mol. The molecule has 1 aromatic heterocycles. The molecule has 2 N–H and O–H groups in total. The van der Waals surface area contributed by atoms with Gasteiger partial charge in [0.25, 0.3) is 0 Å². The van der Waals surface area contributed by atoms with Crippen LogP contribution in [0.25, 0.3) is 0 Å². The number of aromatic nitrogens is 1. The van der Waals surface area contributed by atoms with Crippen LogP contribution in [-0.2, 0) is 30.8 Å². The second-order valence-electron chi connectivity index (χ2n) is 4.78. The molecule has 1 unspecified atom stereocenters. The molecule has 10 heteroatoms. The van der Waals surface area contributed by atoms with Crippen LogP contribution in [0.5, 0.6) is 0 Å². The normalized spacial score (nSPS) is 19.0. The van der Waals surface area contributed by atoms with Gasteiger partial charge in [-0.15, -0.1) is 11.3 Å². The Bertz CT molecular complexity index is 655. The van der Waals surface area contributed by atoms with Crippen molar-refractivity contribution in [3.05, 3.63) is 11.1 Å². The number of esters is 1. The highest BCUT2D eigenvalue weighted by molar-refractivity contribution is 7.89. The van der Waals surface area contributed by atoms with Crippen molar-refractivity contribution in [2.24, 2.45) is 11.1 Å². The van der Waals surface area contributed by atoms with Crippen LogP contribution in [0, 0.1) is 5.92 Å². The van der Waals surface area contributed by atoms with Crippen LogP contribution in [0.3, 0.4) is 0 Å². The van der Waals surface area contributed by atoms with E-state index in [1.165, 1.54) is 23.3 Å². The van der Waals surface area contributed by atoms with E-state index in [0.29, 0.717) is 10.8 Å². The van der Waals surface area contributed by atoms with Gasteiger partial charge in [-0.3, -0.25) is 14.5 Å². The number of methoxy groups -OCH3 is 1. The Labute approximate surface area is 126 Å². The number of amides is 1. The van der Waals surface area contributed by atoms with Crippen LogP contribution in [0.1, 0.15) is 12.1 Å². The zero-order valence-corrected chi connectivity index (χ0v) is 12.9. The first kappa shape index (κ1) is 15.9. The Hall–Kier alpha value is -1.52. The standard InChI is InChI=1S/C11H15N3O5S2/c1-19-10(16)3-8-5-20-11(13-8)14-4-7(2-9(14)15)6-21(12,17)18/h5,7H,2-4,6H2,1H3,(H2,12,17,18). The number of ether oxygens (including phenoxy) is 1. The summed E-state index contributed by atoms with van der Waals surface area (Å²) < 4.78 is 26.7. The molecule has 21 heavy (non-hydrogen) atoms. The van der Waals surface area contributed by atoms with Gasteiger partial charge in [-0.25, -0.2) is 18.5 Å². The van der Waals surface area contributed by atoms with Gasteiger partial charge >= 0.3 is 5.97 Å². The molecular formula is C11H15N3O5S2. The second-order valence-corrected chi connectivity index (χ2v) is 7.27. The highest BCUT2D eigenvalue weighted by Gasteiger charge is 2.34. The minimum atomic E-state index is -3.61. The Kier molecular flexibility index (Phi) is 4.59. The van der Waals surface area contributed by atoms with Crippen molar-refractivity contribution in [1.29, 1.82) is 0 Å². The number of hydrogen-bond donors (Lipinski definition) is 1. The van der Waals surface area contributed by atoms with Crippen LogP contribution in [0.15, 0.2) is 5.38 Å². The number of rotatable bonds is 5. The molecule has 1 aromatic rings. The van der Waals surface area contributed by atoms with Gasteiger partial charge in [0, 0.05) is 24.3 Å². The van der Waals surface area contributed by atoms with E-state index >= 15 is 0 Å². The quantitative estimate of drug-likeness (QED) is 0.725. The van der Waals surface area contributed by atoms with Gasteiger partial charge in [0.1, 0.15) is 0 Å². The van der Waals surface area contributed by atoms with Gasteiger partial charge in [-0.1, -0.05) is 0 Å². The summed E-state index contributed by atoms with van der Waals surface area (Å²) in [5.41, 5.74) is 0.518. The lowest BCUT2D eigenvalue weighted by Crippen LogP contribution is -2.27. The summed E-state index contributed by atoms with van der Waals surface area (Å²) in [5.74, 6) is -1.16. The second kappa shape index (κ2) is 6.08. The van der Waals surface area contributed by atoms with Crippen molar-refractivity contribution in [3.63, 3.8) is 0 Å². The van der Waals surface area contributed by atoms with Crippen LogP contribution < -0.4 is 10.0 Å².